The molecule has 0 radical (unpaired) electrons. The second kappa shape index (κ2) is 12.3. The lowest BCUT2D eigenvalue weighted by Gasteiger charge is -2.25. The van der Waals surface area contributed by atoms with E-state index in [-0.39, 0.29) is 25.5 Å². The van der Waals surface area contributed by atoms with Crippen molar-refractivity contribution in [3.8, 4) is 0 Å². The maximum atomic E-state index is 12.5. The number of carboxylic acids is 2. The van der Waals surface area contributed by atoms with Gasteiger partial charge in [-0.3, -0.25) is 24.2 Å². The highest BCUT2D eigenvalue weighted by molar-refractivity contribution is 5.93. The zero-order valence-corrected chi connectivity index (χ0v) is 17.0. The zero-order valence-electron chi connectivity index (χ0n) is 17.0. The summed E-state index contributed by atoms with van der Waals surface area (Å²) in [5.41, 5.74) is 16.1. The molecule has 0 aromatic carbocycles. The number of carbonyl (C=O) groups is 5. The predicted octanol–water partition coefficient (Wildman–Crippen LogP) is -3.48. The Morgan fingerprint density at radius 2 is 1.84 bits per heavy atom. The minimum absolute atomic E-state index is 0.0644. The second-order valence-corrected chi connectivity index (χ2v) is 7.02. The average Bonchev–Trinajstić information content (AvgIpc) is 3.17. The van der Waals surface area contributed by atoms with E-state index in [0.29, 0.717) is 25.8 Å². The van der Waals surface area contributed by atoms with E-state index in [0.717, 1.165) is 0 Å². The topological polar surface area (TPSA) is 244 Å². The number of rotatable bonds is 12. The van der Waals surface area contributed by atoms with E-state index in [2.05, 4.69) is 15.6 Å². The first-order valence-corrected chi connectivity index (χ1v) is 9.66. The van der Waals surface area contributed by atoms with Gasteiger partial charge in [-0.25, -0.2) is 4.79 Å². The maximum Gasteiger partial charge on any atom is 0.326 e. The molecule has 0 saturated carbocycles. The number of amides is 3. The monoisotopic (exact) mass is 443 g/mol. The van der Waals surface area contributed by atoms with E-state index in [4.69, 9.17) is 27.4 Å². The van der Waals surface area contributed by atoms with Crippen LogP contribution in [0.4, 0.5) is 0 Å². The third-order valence-electron chi connectivity index (χ3n) is 4.59. The highest BCUT2D eigenvalue weighted by Crippen LogP contribution is 2.17. The van der Waals surface area contributed by atoms with Gasteiger partial charge in [0.05, 0.1) is 19.0 Å². The summed E-state index contributed by atoms with van der Waals surface area (Å²) < 4.78 is 0. The molecule has 0 aliphatic carbocycles. The van der Waals surface area contributed by atoms with Crippen molar-refractivity contribution in [2.24, 2.45) is 22.2 Å². The molecule has 31 heavy (non-hydrogen) atoms. The number of nitrogens with one attached hydrogen (secondary N) is 2. The molecule has 1 fully saturated rings. The van der Waals surface area contributed by atoms with Crippen molar-refractivity contribution in [1.29, 1.82) is 0 Å². The van der Waals surface area contributed by atoms with E-state index < -0.39 is 54.2 Å². The number of likely N-dealkylation sites (tertiary alicyclic amines) is 1. The molecular weight excluding hydrogens is 414 g/mol. The highest BCUT2D eigenvalue weighted by Gasteiger charge is 2.36. The Hall–Kier alpha value is -3.42. The number of carboxylic acid groups (broad SMARTS) is 2. The molecule has 3 amide bonds. The molecule has 3 unspecified atom stereocenters. The lowest BCUT2D eigenvalue weighted by atomic mass is 10.1. The van der Waals surface area contributed by atoms with Crippen molar-refractivity contribution in [3.63, 3.8) is 0 Å². The summed E-state index contributed by atoms with van der Waals surface area (Å²) in [7, 11) is 0. The number of aliphatic imine (C=N–C) groups is 1. The van der Waals surface area contributed by atoms with Crippen LogP contribution in [0.2, 0.25) is 0 Å². The molecular formula is C17H29N7O7. The van der Waals surface area contributed by atoms with Crippen LogP contribution in [0.3, 0.4) is 0 Å². The van der Waals surface area contributed by atoms with E-state index in [1.54, 1.807) is 0 Å². The first kappa shape index (κ1) is 25.6. The van der Waals surface area contributed by atoms with Gasteiger partial charge in [0.15, 0.2) is 5.96 Å². The van der Waals surface area contributed by atoms with Crippen molar-refractivity contribution >= 4 is 35.6 Å². The zero-order chi connectivity index (χ0) is 23.6. The van der Waals surface area contributed by atoms with Crippen LogP contribution in [0.5, 0.6) is 0 Å². The highest BCUT2D eigenvalue weighted by atomic mass is 16.4. The Morgan fingerprint density at radius 3 is 2.42 bits per heavy atom. The maximum absolute atomic E-state index is 12.5. The minimum atomic E-state index is -1.61. The Bertz CT molecular complexity index is 724. The van der Waals surface area contributed by atoms with Crippen LogP contribution < -0.4 is 27.8 Å². The summed E-state index contributed by atoms with van der Waals surface area (Å²) in [6.45, 7) is 0.168. The molecule has 0 spiro atoms. The number of carbonyl (C=O) groups excluding carboxylic acids is 3. The Labute approximate surface area is 178 Å². The molecule has 0 aromatic heterocycles. The Morgan fingerprint density at radius 1 is 1.16 bits per heavy atom. The summed E-state index contributed by atoms with van der Waals surface area (Å²) in [4.78, 5) is 63.8. The van der Waals surface area contributed by atoms with Crippen molar-refractivity contribution < 1.29 is 34.2 Å². The summed E-state index contributed by atoms with van der Waals surface area (Å²) in [6.07, 6.45) is 0.758. The molecule has 14 heteroatoms. The van der Waals surface area contributed by atoms with Gasteiger partial charge < -0.3 is 42.9 Å². The van der Waals surface area contributed by atoms with Crippen LogP contribution in [-0.2, 0) is 24.0 Å². The molecule has 174 valence electrons. The first-order chi connectivity index (χ1) is 14.5. The van der Waals surface area contributed by atoms with E-state index in [1.165, 1.54) is 4.90 Å². The van der Waals surface area contributed by atoms with Crippen LogP contribution in [0.25, 0.3) is 0 Å². The number of guanidine groups is 1. The van der Waals surface area contributed by atoms with Gasteiger partial charge in [0, 0.05) is 13.1 Å². The standard InChI is InChI=1S/C17H29N7O7/c18-9(3-1-5-21-17(19)20)14(28)22-8-12(25)24-6-2-4-11(24)15(29)23-10(16(30)31)7-13(26)27/h9-11H,1-8,18H2,(H,22,28)(H,23,29)(H,26,27)(H,30,31)(H4,19,20,21). The van der Waals surface area contributed by atoms with E-state index in [1.807, 2.05) is 0 Å². The number of nitrogens with two attached hydrogens (primary N) is 3. The molecule has 3 atom stereocenters. The molecule has 1 rings (SSSR count). The van der Waals surface area contributed by atoms with Gasteiger partial charge in [-0.2, -0.15) is 0 Å². The fourth-order valence-electron chi connectivity index (χ4n) is 3.03. The molecule has 0 bridgehead atoms. The van der Waals surface area contributed by atoms with Gasteiger partial charge in [0.2, 0.25) is 17.7 Å². The molecule has 10 N–H and O–H groups in total. The fraction of sp³-hybridized carbons (Fsp3) is 0.647. The number of hydrogen-bond donors (Lipinski definition) is 7. The summed E-state index contributed by atoms with van der Waals surface area (Å²) >= 11 is 0. The molecule has 1 aliphatic heterocycles. The van der Waals surface area contributed by atoms with Gasteiger partial charge in [-0.1, -0.05) is 0 Å². The van der Waals surface area contributed by atoms with Crippen LogP contribution in [0.1, 0.15) is 32.1 Å². The van der Waals surface area contributed by atoms with Gasteiger partial charge in [-0.05, 0) is 25.7 Å². The van der Waals surface area contributed by atoms with E-state index in [9.17, 15) is 24.0 Å². The lowest BCUT2D eigenvalue weighted by Crippen LogP contribution is -2.53. The average molecular weight is 443 g/mol. The Kier molecular flexibility index (Phi) is 10.2. The molecule has 1 heterocycles. The summed E-state index contributed by atoms with van der Waals surface area (Å²) in [5.74, 6) is -4.79. The predicted molar refractivity (Wildman–Crippen MR) is 107 cm³/mol. The van der Waals surface area contributed by atoms with Crippen LogP contribution in [0, 0.1) is 0 Å². The third kappa shape index (κ3) is 8.86. The first-order valence-electron chi connectivity index (χ1n) is 9.66. The summed E-state index contributed by atoms with van der Waals surface area (Å²) in [5, 5.41) is 22.4. The molecule has 1 saturated heterocycles. The van der Waals surface area contributed by atoms with Crippen molar-refractivity contribution in [2.75, 3.05) is 19.6 Å². The van der Waals surface area contributed by atoms with Crippen LogP contribution >= 0.6 is 0 Å². The lowest BCUT2D eigenvalue weighted by molar-refractivity contribution is -0.148. The van der Waals surface area contributed by atoms with Crippen molar-refractivity contribution in [2.45, 2.75) is 50.2 Å². The summed E-state index contributed by atoms with van der Waals surface area (Å²) in [6, 6.07) is -3.43. The van der Waals surface area contributed by atoms with Crippen LogP contribution in [0.15, 0.2) is 4.99 Å². The van der Waals surface area contributed by atoms with Gasteiger partial charge in [-0.15, -0.1) is 0 Å². The number of nitrogens with zero attached hydrogens (tertiary/aromatic N) is 2. The Balaban J connectivity index is 2.55. The second-order valence-electron chi connectivity index (χ2n) is 7.02. The van der Waals surface area contributed by atoms with Gasteiger partial charge in [0.1, 0.15) is 12.1 Å². The third-order valence-corrected chi connectivity index (χ3v) is 4.59. The largest absolute Gasteiger partial charge is 0.481 e. The fourth-order valence-corrected chi connectivity index (χ4v) is 3.03. The number of hydrogen-bond acceptors (Lipinski definition) is 7. The molecule has 0 aromatic rings. The van der Waals surface area contributed by atoms with Crippen molar-refractivity contribution in [1.82, 2.24) is 15.5 Å². The minimum Gasteiger partial charge on any atom is -0.481 e. The normalized spacial score (nSPS) is 17.3. The van der Waals surface area contributed by atoms with Crippen molar-refractivity contribution in [3.05, 3.63) is 0 Å². The molecule has 1 aliphatic rings. The van der Waals surface area contributed by atoms with Gasteiger partial charge >= 0.3 is 11.9 Å². The smallest absolute Gasteiger partial charge is 0.326 e. The SMILES string of the molecule is NC(N)=NCCCC(N)C(=O)NCC(=O)N1CCCC1C(=O)NC(CC(=O)O)C(=O)O. The number of aliphatic carboxylic acids is 2. The van der Waals surface area contributed by atoms with E-state index >= 15 is 0 Å². The van der Waals surface area contributed by atoms with Crippen LogP contribution in [-0.4, -0.2) is 88.5 Å². The molecule has 14 nitrogen and oxygen atoms in total. The van der Waals surface area contributed by atoms with Gasteiger partial charge in [0.25, 0.3) is 0 Å². The quantitative estimate of drug-likeness (QED) is 0.0891.